The molecule has 3 heteroatoms. The van der Waals surface area contributed by atoms with Crippen LogP contribution < -0.4 is 10.6 Å². The van der Waals surface area contributed by atoms with Crippen molar-refractivity contribution in [3.8, 4) is 0 Å². The second-order valence-corrected chi connectivity index (χ2v) is 5.74. The van der Waals surface area contributed by atoms with E-state index in [1.54, 1.807) is 0 Å². The first-order chi connectivity index (χ1) is 9.08. The van der Waals surface area contributed by atoms with Crippen LogP contribution in [0.15, 0.2) is 18.2 Å². The second kappa shape index (κ2) is 6.20. The number of benzene rings is 1. The second-order valence-electron chi connectivity index (χ2n) is 5.74. The summed E-state index contributed by atoms with van der Waals surface area (Å²) in [5.74, 6) is 1.27. The van der Waals surface area contributed by atoms with Gasteiger partial charge in [-0.1, -0.05) is 13.0 Å². The van der Waals surface area contributed by atoms with Gasteiger partial charge in [0, 0.05) is 12.1 Å². The zero-order valence-electron chi connectivity index (χ0n) is 12.1. The number of hydrogen-bond donors (Lipinski definition) is 2. The van der Waals surface area contributed by atoms with E-state index in [-0.39, 0.29) is 5.91 Å². The van der Waals surface area contributed by atoms with Crippen molar-refractivity contribution in [2.45, 2.75) is 27.2 Å². The summed E-state index contributed by atoms with van der Waals surface area (Å²) in [4.78, 5) is 12.1. The number of hydrogen-bond acceptors (Lipinski definition) is 2. The largest absolute Gasteiger partial charge is 0.352 e. The molecule has 1 amide bonds. The number of piperidine rings is 1. The molecule has 2 unspecified atom stereocenters. The van der Waals surface area contributed by atoms with E-state index in [2.05, 4.69) is 24.5 Å². The van der Waals surface area contributed by atoms with Crippen LogP contribution in [-0.4, -0.2) is 25.5 Å². The maximum Gasteiger partial charge on any atom is 0.251 e. The van der Waals surface area contributed by atoms with Gasteiger partial charge in [-0.3, -0.25) is 4.79 Å². The van der Waals surface area contributed by atoms with Crippen LogP contribution in [0.1, 0.15) is 34.8 Å². The van der Waals surface area contributed by atoms with E-state index in [0.717, 1.165) is 25.2 Å². The summed E-state index contributed by atoms with van der Waals surface area (Å²) < 4.78 is 0. The highest BCUT2D eigenvalue weighted by Gasteiger charge is 2.21. The Kier molecular flexibility index (Phi) is 4.59. The van der Waals surface area contributed by atoms with Crippen LogP contribution in [0.2, 0.25) is 0 Å². The molecule has 2 rings (SSSR count). The van der Waals surface area contributed by atoms with Crippen molar-refractivity contribution in [3.63, 3.8) is 0 Å². The van der Waals surface area contributed by atoms with Gasteiger partial charge in [-0.15, -0.1) is 0 Å². The van der Waals surface area contributed by atoms with Crippen molar-refractivity contribution in [1.29, 1.82) is 0 Å². The molecular formula is C16H24N2O. The third-order valence-electron chi connectivity index (χ3n) is 4.28. The first kappa shape index (κ1) is 14.1. The average Bonchev–Trinajstić information content (AvgIpc) is 2.40. The first-order valence-electron chi connectivity index (χ1n) is 7.14. The van der Waals surface area contributed by atoms with Gasteiger partial charge in [-0.05, 0) is 68.5 Å². The van der Waals surface area contributed by atoms with Gasteiger partial charge in [-0.2, -0.15) is 0 Å². The molecule has 0 spiro atoms. The minimum absolute atomic E-state index is 0.0425. The highest BCUT2D eigenvalue weighted by atomic mass is 16.1. The summed E-state index contributed by atoms with van der Waals surface area (Å²) in [6.45, 7) is 9.25. The van der Waals surface area contributed by atoms with E-state index in [1.165, 1.54) is 17.5 Å². The summed E-state index contributed by atoms with van der Waals surface area (Å²) in [5.41, 5.74) is 3.15. The lowest BCUT2D eigenvalue weighted by Gasteiger charge is -2.29. The first-order valence-corrected chi connectivity index (χ1v) is 7.14. The normalized spacial score (nSPS) is 23.1. The summed E-state index contributed by atoms with van der Waals surface area (Å²) >= 11 is 0. The molecule has 1 saturated heterocycles. The zero-order valence-corrected chi connectivity index (χ0v) is 12.1. The quantitative estimate of drug-likeness (QED) is 0.875. The summed E-state index contributed by atoms with van der Waals surface area (Å²) in [5, 5.41) is 6.46. The van der Waals surface area contributed by atoms with Crippen molar-refractivity contribution in [1.82, 2.24) is 10.6 Å². The molecule has 2 atom stereocenters. The van der Waals surface area contributed by atoms with Crippen molar-refractivity contribution >= 4 is 5.91 Å². The third kappa shape index (κ3) is 3.57. The molecule has 0 aliphatic carbocycles. The highest BCUT2D eigenvalue weighted by molar-refractivity contribution is 5.94. The molecule has 0 aromatic heterocycles. The van der Waals surface area contributed by atoms with Crippen LogP contribution >= 0.6 is 0 Å². The van der Waals surface area contributed by atoms with Crippen LogP contribution in [0.5, 0.6) is 0 Å². The molecule has 1 aliphatic heterocycles. The maximum atomic E-state index is 12.1. The standard InChI is InChI=1S/C16H24N2O/c1-11-4-5-14(8-13(11)3)16(19)18-10-15-9-17-7-6-12(15)2/h4-5,8,12,15,17H,6-7,9-10H2,1-3H3,(H,18,19). The fourth-order valence-electron chi connectivity index (χ4n) is 2.54. The van der Waals surface area contributed by atoms with Crippen molar-refractivity contribution < 1.29 is 4.79 Å². The van der Waals surface area contributed by atoms with Crippen molar-refractivity contribution in [3.05, 3.63) is 34.9 Å². The summed E-state index contributed by atoms with van der Waals surface area (Å²) in [6, 6.07) is 5.88. The SMILES string of the molecule is Cc1ccc(C(=O)NCC2CNCCC2C)cc1C. The number of carbonyl (C=O) groups excluding carboxylic acids is 1. The van der Waals surface area contributed by atoms with Gasteiger partial charge in [-0.25, -0.2) is 0 Å². The topological polar surface area (TPSA) is 41.1 Å². The van der Waals surface area contributed by atoms with Gasteiger partial charge in [0.15, 0.2) is 0 Å². The van der Waals surface area contributed by atoms with E-state index in [4.69, 9.17) is 0 Å². The van der Waals surface area contributed by atoms with Crippen molar-refractivity contribution in [2.75, 3.05) is 19.6 Å². The minimum Gasteiger partial charge on any atom is -0.352 e. The molecule has 2 N–H and O–H groups in total. The lowest BCUT2D eigenvalue weighted by molar-refractivity contribution is 0.0939. The number of amides is 1. The van der Waals surface area contributed by atoms with Crippen LogP contribution in [0, 0.1) is 25.7 Å². The van der Waals surface area contributed by atoms with Crippen molar-refractivity contribution in [2.24, 2.45) is 11.8 Å². The fraction of sp³-hybridized carbons (Fsp3) is 0.562. The monoisotopic (exact) mass is 260 g/mol. The van der Waals surface area contributed by atoms with Crippen LogP contribution in [-0.2, 0) is 0 Å². The predicted octanol–water partition coefficient (Wildman–Crippen LogP) is 2.28. The molecule has 104 valence electrons. The van der Waals surface area contributed by atoms with Gasteiger partial charge in [0.05, 0.1) is 0 Å². The predicted molar refractivity (Wildman–Crippen MR) is 78.4 cm³/mol. The maximum absolute atomic E-state index is 12.1. The van der Waals surface area contributed by atoms with Gasteiger partial charge in [0.2, 0.25) is 0 Å². The number of aryl methyl sites for hydroxylation is 2. The molecular weight excluding hydrogens is 236 g/mol. The molecule has 1 aromatic rings. The van der Waals surface area contributed by atoms with Crippen LogP contribution in [0.4, 0.5) is 0 Å². The summed E-state index contributed by atoms with van der Waals surface area (Å²) in [7, 11) is 0. The lowest BCUT2D eigenvalue weighted by atomic mass is 9.88. The van der Waals surface area contributed by atoms with E-state index in [1.807, 2.05) is 25.1 Å². The van der Waals surface area contributed by atoms with Crippen LogP contribution in [0.25, 0.3) is 0 Å². The average molecular weight is 260 g/mol. The Balaban J connectivity index is 1.91. The Morgan fingerprint density at radius 3 is 2.84 bits per heavy atom. The highest BCUT2D eigenvalue weighted by Crippen LogP contribution is 2.17. The van der Waals surface area contributed by atoms with E-state index >= 15 is 0 Å². The molecule has 0 saturated carbocycles. The fourth-order valence-corrected chi connectivity index (χ4v) is 2.54. The Bertz CT molecular complexity index is 456. The van der Waals surface area contributed by atoms with Gasteiger partial charge in [0.1, 0.15) is 0 Å². The number of rotatable bonds is 3. The molecule has 19 heavy (non-hydrogen) atoms. The van der Waals surface area contributed by atoms with E-state index in [9.17, 15) is 4.79 Å². The Morgan fingerprint density at radius 2 is 2.16 bits per heavy atom. The Hall–Kier alpha value is -1.35. The molecule has 1 aliphatic rings. The smallest absolute Gasteiger partial charge is 0.251 e. The Morgan fingerprint density at radius 1 is 1.37 bits per heavy atom. The molecule has 0 radical (unpaired) electrons. The van der Waals surface area contributed by atoms with Gasteiger partial charge < -0.3 is 10.6 Å². The Labute approximate surface area is 115 Å². The molecule has 1 fully saturated rings. The number of carbonyl (C=O) groups is 1. The third-order valence-corrected chi connectivity index (χ3v) is 4.28. The molecule has 1 aromatic carbocycles. The van der Waals surface area contributed by atoms with Crippen LogP contribution in [0.3, 0.4) is 0 Å². The van der Waals surface area contributed by atoms with E-state index in [0.29, 0.717) is 11.8 Å². The molecule has 1 heterocycles. The lowest BCUT2D eigenvalue weighted by Crippen LogP contribution is -2.42. The van der Waals surface area contributed by atoms with Gasteiger partial charge in [0.25, 0.3) is 5.91 Å². The molecule has 3 nitrogen and oxygen atoms in total. The molecule has 0 bridgehead atoms. The van der Waals surface area contributed by atoms with Gasteiger partial charge >= 0.3 is 0 Å². The van der Waals surface area contributed by atoms with E-state index < -0.39 is 0 Å². The zero-order chi connectivity index (χ0) is 13.8. The summed E-state index contributed by atoms with van der Waals surface area (Å²) in [6.07, 6.45) is 1.20. The number of nitrogens with one attached hydrogen (secondary N) is 2. The minimum atomic E-state index is 0.0425.